The highest BCUT2D eigenvalue weighted by molar-refractivity contribution is 5.87. The molecule has 112 valence electrons. The van der Waals surface area contributed by atoms with Crippen LogP contribution in [0.2, 0.25) is 0 Å². The summed E-state index contributed by atoms with van der Waals surface area (Å²) in [6, 6.07) is -0.562. The maximum absolute atomic E-state index is 11.5. The summed E-state index contributed by atoms with van der Waals surface area (Å²) in [6.07, 6.45) is 1.97. The van der Waals surface area contributed by atoms with Gasteiger partial charge in [0.15, 0.2) is 0 Å². The zero-order chi connectivity index (χ0) is 14.8. The van der Waals surface area contributed by atoms with Crippen molar-refractivity contribution in [1.29, 1.82) is 0 Å². The van der Waals surface area contributed by atoms with Gasteiger partial charge in [0.25, 0.3) is 0 Å². The summed E-state index contributed by atoms with van der Waals surface area (Å²) in [4.78, 5) is 25.1. The van der Waals surface area contributed by atoms with Crippen LogP contribution in [0.1, 0.15) is 26.7 Å². The van der Waals surface area contributed by atoms with Gasteiger partial charge < -0.3 is 21.3 Å². The molecule has 4 N–H and O–H groups in total. The Morgan fingerprint density at radius 2 is 1.79 bits per heavy atom. The topological polar surface area (TPSA) is 87.5 Å². The van der Waals surface area contributed by atoms with Crippen molar-refractivity contribution in [3.05, 3.63) is 0 Å². The van der Waals surface area contributed by atoms with E-state index in [1.165, 1.54) is 0 Å². The number of hydrogen-bond donors (Lipinski definition) is 3. The van der Waals surface area contributed by atoms with E-state index in [0.717, 1.165) is 19.4 Å². The smallest absolute Gasteiger partial charge is 0.239 e. The van der Waals surface area contributed by atoms with Crippen molar-refractivity contribution in [1.82, 2.24) is 15.5 Å². The Hall–Kier alpha value is -1.14. The molecular weight excluding hydrogens is 244 g/mol. The highest BCUT2D eigenvalue weighted by Gasteiger charge is 2.17. The van der Waals surface area contributed by atoms with Crippen LogP contribution in [0.15, 0.2) is 0 Å². The van der Waals surface area contributed by atoms with E-state index >= 15 is 0 Å². The predicted molar refractivity (Wildman–Crippen MR) is 76.6 cm³/mol. The molecular formula is C13H28N4O2. The molecule has 0 aromatic heterocycles. The van der Waals surface area contributed by atoms with Gasteiger partial charge in [0.05, 0.1) is 12.6 Å². The third kappa shape index (κ3) is 9.44. The molecule has 6 nitrogen and oxygen atoms in total. The Kier molecular flexibility index (Phi) is 9.16. The van der Waals surface area contributed by atoms with E-state index in [1.54, 1.807) is 0 Å². The van der Waals surface area contributed by atoms with Gasteiger partial charge in [0, 0.05) is 6.54 Å². The first-order valence-corrected chi connectivity index (χ1v) is 6.79. The SMILES string of the molecule is CC(C)[C@H](N)C(=O)NCC(=O)NCCCCN(C)C. The van der Waals surface area contributed by atoms with Crippen LogP contribution >= 0.6 is 0 Å². The molecule has 0 saturated carbocycles. The molecule has 19 heavy (non-hydrogen) atoms. The highest BCUT2D eigenvalue weighted by atomic mass is 16.2. The molecule has 0 heterocycles. The van der Waals surface area contributed by atoms with Gasteiger partial charge in [-0.15, -0.1) is 0 Å². The average molecular weight is 272 g/mol. The Morgan fingerprint density at radius 3 is 2.32 bits per heavy atom. The van der Waals surface area contributed by atoms with Crippen molar-refractivity contribution in [2.45, 2.75) is 32.7 Å². The average Bonchev–Trinajstić information content (AvgIpc) is 2.33. The van der Waals surface area contributed by atoms with Crippen molar-refractivity contribution < 1.29 is 9.59 Å². The molecule has 0 rings (SSSR count). The molecule has 0 radical (unpaired) electrons. The minimum absolute atomic E-state index is 0.00701. The number of nitrogens with two attached hydrogens (primary N) is 1. The number of carbonyl (C=O) groups is 2. The fraction of sp³-hybridized carbons (Fsp3) is 0.846. The number of carbonyl (C=O) groups excluding carboxylic acids is 2. The summed E-state index contributed by atoms with van der Waals surface area (Å²) >= 11 is 0. The van der Waals surface area contributed by atoms with Crippen LogP contribution in [0.4, 0.5) is 0 Å². The van der Waals surface area contributed by atoms with Crippen LogP contribution in [0.5, 0.6) is 0 Å². The molecule has 0 aliphatic heterocycles. The van der Waals surface area contributed by atoms with Crippen molar-refractivity contribution in [2.24, 2.45) is 11.7 Å². The second-order valence-corrected chi connectivity index (χ2v) is 5.35. The van der Waals surface area contributed by atoms with E-state index in [9.17, 15) is 9.59 Å². The third-order valence-electron chi connectivity index (χ3n) is 2.80. The lowest BCUT2D eigenvalue weighted by Gasteiger charge is -2.15. The monoisotopic (exact) mass is 272 g/mol. The number of hydrogen-bond acceptors (Lipinski definition) is 4. The Balaban J connectivity index is 3.62. The lowest BCUT2D eigenvalue weighted by atomic mass is 10.1. The molecule has 0 aliphatic rings. The van der Waals surface area contributed by atoms with Crippen LogP contribution in [0.25, 0.3) is 0 Å². The van der Waals surface area contributed by atoms with Crippen LogP contribution in [0.3, 0.4) is 0 Å². The summed E-state index contributed by atoms with van der Waals surface area (Å²) in [5.74, 6) is -0.388. The van der Waals surface area contributed by atoms with Crippen molar-refractivity contribution in [2.75, 3.05) is 33.7 Å². The quantitative estimate of drug-likeness (QED) is 0.496. The zero-order valence-electron chi connectivity index (χ0n) is 12.5. The van der Waals surface area contributed by atoms with E-state index in [-0.39, 0.29) is 24.3 Å². The van der Waals surface area contributed by atoms with E-state index in [1.807, 2.05) is 27.9 Å². The zero-order valence-corrected chi connectivity index (χ0v) is 12.5. The van der Waals surface area contributed by atoms with Crippen LogP contribution < -0.4 is 16.4 Å². The molecule has 0 spiro atoms. The maximum Gasteiger partial charge on any atom is 0.239 e. The highest BCUT2D eigenvalue weighted by Crippen LogP contribution is 1.97. The standard InChI is InChI=1S/C13H28N4O2/c1-10(2)12(14)13(19)16-9-11(18)15-7-5-6-8-17(3)4/h10,12H,5-9,14H2,1-4H3,(H,15,18)(H,16,19)/t12-/m0/s1. The van der Waals surface area contributed by atoms with Crippen LogP contribution in [-0.2, 0) is 9.59 Å². The van der Waals surface area contributed by atoms with Gasteiger partial charge >= 0.3 is 0 Å². The number of rotatable bonds is 9. The normalized spacial score (nSPS) is 12.6. The first-order chi connectivity index (χ1) is 8.84. The molecule has 0 aliphatic carbocycles. The molecule has 0 bridgehead atoms. The number of nitrogens with zero attached hydrogens (tertiary/aromatic N) is 1. The Labute approximate surface area is 116 Å². The predicted octanol–water partition coefficient (Wildman–Crippen LogP) is -0.456. The van der Waals surface area contributed by atoms with Gasteiger partial charge in [-0.1, -0.05) is 13.8 Å². The molecule has 0 unspecified atom stereocenters. The summed E-state index contributed by atoms with van der Waals surface area (Å²) in [5, 5.41) is 5.31. The number of nitrogens with one attached hydrogen (secondary N) is 2. The minimum Gasteiger partial charge on any atom is -0.355 e. The molecule has 2 amide bonds. The van der Waals surface area contributed by atoms with Crippen molar-refractivity contribution in [3.63, 3.8) is 0 Å². The summed E-state index contributed by atoms with van der Waals surface area (Å²) in [7, 11) is 4.04. The van der Waals surface area contributed by atoms with Crippen molar-refractivity contribution >= 4 is 11.8 Å². The fourth-order valence-electron chi connectivity index (χ4n) is 1.43. The number of unbranched alkanes of at least 4 members (excludes halogenated alkanes) is 1. The van der Waals surface area contributed by atoms with Gasteiger partial charge in [-0.25, -0.2) is 0 Å². The van der Waals surface area contributed by atoms with Gasteiger partial charge in [-0.2, -0.15) is 0 Å². The largest absolute Gasteiger partial charge is 0.355 e. The molecule has 0 aromatic carbocycles. The van der Waals surface area contributed by atoms with Crippen LogP contribution in [-0.4, -0.2) is 56.5 Å². The third-order valence-corrected chi connectivity index (χ3v) is 2.80. The van der Waals surface area contributed by atoms with Gasteiger partial charge in [-0.05, 0) is 39.4 Å². The molecule has 6 heteroatoms. The first-order valence-electron chi connectivity index (χ1n) is 6.79. The molecule has 0 saturated heterocycles. The first kappa shape index (κ1) is 17.9. The molecule has 1 atom stereocenters. The summed E-state index contributed by atoms with van der Waals surface area (Å²) in [5.41, 5.74) is 5.67. The molecule has 0 aromatic rings. The minimum atomic E-state index is -0.562. The number of amides is 2. The lowest BCUT2D eigenvalue weighted by Crippen LogP contribution is -2.47. The van der Waals surface area contributed by atoms with Gasteiger partial charge in [-0.3, -0.25) is 9.59 Å². The Bertz CT molecular complexity index is 280. The fourth-order valence-corrected chi connectivity index (χ4v) is 1.43. The van der Waals surface area contributed by atoms with Crippen LogP contribution in [0, 0.1) is 5.92 Å². The second-order valence-electron chi connectivity index (χ2n) is 5.35. The maximum atomic E-state index is 11.5. The molecule has 0 fully saturated rings. The van der Waals surface area contributed by atoms with E-state index in [4.69, 9.17) is 5.73 Å². The summed E-state index contributed by atoms with van der Waals surface area (Å²) < 4.78 is 0. The van der Waals surface area contributed by atoms with Crippen molar-refractivity contribution in [3.8, 4) is 0 Å². The van der Waals surface area contributed by atoms with Gasteiger partial charge in [0.2, 0.25) is 11.8 Å². The van der Waals surface area contributed by atoms with E-state index in [0.29, 0.717) is 6.54 Å². The lowest BCUT2D eigenvalue weighted by molar-refractivity contribution is -0.127. The van der Waals surface area contributed by atoms with E-state index in [2.05, 4.69) is 15.5 Å². The second kappa shape index (κ2) is 9.75. The summed E-state index contributed by atoms with van der Waals surface area (Å²) in [6.45, 7) is 5.38. The van der Waals surface area contributed by atoms with Gasteiger partial charge in [0.1, 0.15) is 0 Å². The Morgan fingerprint density at radius 1 is 1.16 bits per heavy atom. The van der Waals surface area contributed by atoms with E-state index < -0.39 is 6.04 Å².